The fourth-order valence-corrected chi connectivity index (χ4v) is 4.39. The molecular weight excluding hydrogens is 452 g/mol. The summed E-state index contributed by atoms with van der Waals surface area (Å²) in [6, 6.07) is 0. The van der Waals surface area contributed by atoms with Gasteiger partial charge in [-0.05, 0) is 24.7 Å². The largest absolute Gasteiger partial charge is 0.462 e. The van der Waals surface area contributed by atoms with Crippen LogP contribution in [0, 0.1) is 11.8 Å². The summed E-state index contributed by atoms with van der Waals surface area (Å²) in [4.78, 5) is 24.0. The van der Waals surface area contributed by atoms with Gasteiger partial charge in [0.15, 0.2) is 6.10 Å². The predicted molar refractivity (Wildman–Crippen MR) is 150 cm³/mol. The summed E-state index contributed by atoms with van der Waals surface area (Å²) in [5, 5.41) is 9.45. The van der Waals surface area contributed by atoms with Crippen LogP contribution in [-0.2, 0) is 19.1 Å². The number of esters is 2. The molecule has 0 aliphatic heterocycles. The fourth-order valence-electron chi connectivity index (χ4n) is 4.39. The Balaban J connectivity index is 3.58. The van der Waals surface area contributed by atoms with Crippen LogP contribution in [0.1, 0.15) is 156 Å². The third-order valence-electron chi connectivity index (χ3n) is 6.76. The third-order valence-corrected chi connectivity index (χ3v) is 6.76. The molecule has 0 saturated heterocycles. The molecule has 0 rings (SSSR count). The van der Waals surface area contributed by atoms with Gasteiger partial charge in [0.05, 0.1) is 6.61 Å². The van der Waals surface area contributed by atoms with Crippen LogP contribution < -0.4 is 0 Å². The average Bonchev–Trinajstić information content (AvgIpc) is 2.83. The summed E-state index contributed by atoms with van der Waals surface area (Å²) in [5.74, 6) is 1.01. The molecule has 0 heterocycles. The third kappa shape index (κ3) is 26.0. The van der Waals surface area contributed by atoms with E-state index >= 15 is 0 Å². The summed E-state index contributed by atoms with van der Waals surface area (Å²) in [6.07, 6.45) is 21.7. The lowest BCUT2D eigenvalue weighted by Gasteiger charge is -2.15. The van der Waals surface area contributed by atoms with E-state index in [0.29, 0.717) is 12.8 Å². The highest BCUT2D eigenvalue weighted by atomic mass is 16.6. The van der Waals surface area contributed by atoms with E-state index in [1.54, 1.807) is 0 Å². The van der Waals surface area contributed by atoms with Crippen LogP contribution in [0.5, 0.6) is 0 Å². The number of ether oxygens (including phenoxy) is 2. The highest BCUT2D eigenvalue weighted by Crippen LogP contribution is 2.15. The van der Waals surface area contributed by atoms with Gasteiger partial charge in [-0.1, -0.05) is 130 Å². The van der Waals surface area contributed by atoms with E-state index in [1.165, 1.54) is 77.0 Å². The first kappa shape index (κ1) is 34.9. The summed E-state index contributed by atoms with van der Waals surface area (Å²) in [7, 11) is 0. The van der Waals surface area contributed by atoms with Crippen molar-refractivity contribution >= 4 is 11.9 Å². The lowest BCUT2D eigenvalue weighted by Crippen LogP contribution is -2.28. The molecule has 5 nitrogen and oxygen atoms in total. The van der Waals surface area contributed by atoms with Crippen LogP contribution in [0.25, 0.3) is 0 Å². The molecular formula is C31H60O5. The molecule has 1 N–H and O–H groups in total. The molecule has 0 amide bonds. The topological polar surface area (TPSA) is 72.8 Å². The Morgan fingerprint density at radius 3 is 1.31 bits per heavy atom. The quantitative estimate of drug-likeness (QED) is 0.0928. The molecule has 0 aromatic carbocycles. The lowest BCUT2D eigenvalue weighted by molar-refractivity contribution is -0.161. The number of carbonyl (C=O) groups excluding carboxylic acids is 2. The van der Waals surface area contributed by atoms with Crippen LogP contribution in [-0.4, -0.2) is 36.4 Å². The highest BCUT2D eigenvalue weighted by Gasteiger charge is 2.16. The van der Waals surface area contributed by atoms with Crippen molar-refractivity contribution in [3.05, 3.63) is 0 Å². The summed E-state index contributed by atoms with van der Waals surface area (Å²) in [5.41, 5.74) is 0. The van der Waals surface area contributed by atoms with Crippen molar-refractivity contribution in [3.8, 4) is 0 Å². The molecule has 0 aromatic rings. The second-order valence-corrected chi connectivity index (χ2v) is 11.5. The summed E-state index contributed by atoms with van der Waals surface area (Å²) in [6.45, 7) is 8.71. The van der Waals surface area contributed by atoms with E-state index in [0.717, 1.165) is 50.4 Å². The molecule has 0 radical (unpaired) electrons. The predicted octanol–water partition coefficient (Wildman–Crippen LogP) is 8.55. The number of aliphatic hydroxyl groups excluding tert-OH is 1. The maximum Gasteiger partial charge on any atom is 0.306 e. The minimum Gasteiger partial charge on any atom is -0.462 e. The lowest BCUT2D eigenvalue weighted by atomic mass is 10.0. The number of carbonyl (C=O) groups is 2. The molecule has 0 fully saturated rings. The minimum absolute atomic E-state index is 0.0614. The number of unbranched alkanes of at least 4 members (excludes halogenated alkanes) is 14. The van der Waals surface area contributed by atoms with Crippen LogP contribution in [0.15, 0.2) is 0 Å². The maximum absolute atomic E-state index is 12.0. The van der Waals surface area contributed by atoms with E-state index < -0.39 is 6.10 Å². The van der Waals surface area contributed by atoms with Crippen molar-refractivity contribution in [1.82, 2.24) is 0 Å². The Kier molecular flexibility index (Phi) is 24.8. The van der Waals surface area contributed by atoms with E-state index in [4.69, 9.17) is 9.47 Å². The van der Waals surface area contributed by atoms with E-state index in [9.17, 15) is 14.7 Å². The molecule has 1 atom stereocenters. The van der Waals surface area contributed by atoms with Gasteiger partial charge in [0, 0.05) is 12.8 Å². The van der Waals surface area contributed by atoms with E-state index in [2.05, 4.69) is 27.7 Å². The zero-order valence-electron chi connectivity index (χ0n) is 24.4. The van der Waals surface area contributed by atoms with Crippen molar-refractivity contribution in [1.29, 1.82) is 0 Å². The number of hydrogen-bond donors (Lipinski definition) is 1. The van der Waals surface area contributed by atoms with Crippen LogP contribution >= 0.6 is 0 Å². The molecule has 0 saturated carbocycles. The van der Waals surface area contributed by atoms with Gasteiger partial charge < -0.3 is 14.6 Å². The second kappa shape index (κ2) is 25.5. The van der Waals surface area contributed by atoms with Crippen molar-refractivity contribution in [2.24, 2.45) is 11.8 Å². The van der Waals surface area contributed by atoms with Gasteiger partial charge in [0.2, 0.25) is 0 Å². The van der Waals surface area contributed by atoms with Gasteiger partial charge in [-0.15, -0.1) is 0 Å². The summed E-state index contributed by atoms with van der Waals surface area (Å²) >= 11 is 0. The van der Waals surface area contributed by atoms with Crippen molar-refractivity contribution in [2.45, 2.75) is 162 Å². The van der Waals surface area contributed by atoms with Crippen LogP contribution in [0.4, 0.5) is 0 Å². The van der Waals surface area contributed by atoms with Gasteiger partial charge in [0.1, 0.15) is 6.61 Å². The van der Waals surface area contributed by atoms with Gasteiger partial charge in [-0.2, -0.15) is 0 Å². The van der Waals surface area contributed by atoms with Crippen molar-refractivity contribution < 1.29 is 24.2 Å². The summed E-state index contributed by atoms with van der Waals surface area (Å²) < 4.78 is 10.5. The first-order valence-electron chi connectivity index (χ1n) is 15.3. The Morgan fingerprint density at radius 1 is 0.556 bits per heavy atom. The normalized spacial score (nSPS) is 12.3. The zero-order chi connectivity index (χ0) is 26.9. The van der Waals surface area contributed by atoms with E-state index in [1.807, 2.05) is 0 Å². The first-order valence-corrected chi connectivity index (χ1v) is 15.3. The Bertz CT molecular complexity index is 503. The smallest absolute Gasteiger partial charge is 0.306 e. The standard InChI is InChI=1S/C31H60O5/c1-27(2)21-17-13-9-7-5-6-8-10-15-19-23-30(33)35-26-29(25-32)36-31(34)24-20-16-12-11-14-18-22-28(3)4/h27-29,32H,5-26H2,1-4H3/t29-/m0/s1. The molecule has 0 unspecified atom stereocenters. The number of hydrogen-bond acceptors (Lipinski definition) is 5. The van der Waals surface area contributed by atoms with E-state index in [-0.39, 0.29) is 25.2 Å². The van der Waals surface area contributed by atoms with Crippen molar-refractivity contribution in [2.75, 3.05) is 13.2 Å². The van der Waals surface area contributed by atoms with Crippen LogP contribution in [0.2, 0.25) is 0 Å². The molecule has 0 bridgehead atoms. The Labute approximate surface area is 223 Å². The van der Waals surface area contributed by atoms with Gasteiger partial charge in [-0.3, -0.25) is 9.59 Å². The second-order valence-electron chi connectivity index (χ2n) is 11.5. The SMILES string of the molecule is CC(C)CCCCCCCCCCCCC(=O)OC[C@H](CO)OC(=O)CCCCCCCCC(C)C. The first-order chi connectivity index (χ1) is 17.3. The maximum atomic E-state index is 12.0. The Hall–Kier alpha value is -1.10. The minimum atomic E-state index is -0.761. The fraction of sp³-hybridized carbons (Fsp3) is 0.935. The highest BCUT2D eigenvalue weighted by molar-refractivity contribution is 5.70. The van der Waals surface area contributed by atoms with Crippen LogP contribution in [0.3, 0.4) is 0 Å². The zero-order valence-corrected chi connectivity index (χ0v) is 24.4. The molecule has 214 valence electrons. The molecule has 0 spiro atoms. The molecule has 0 aromatic heterocycles. The van der Waals surface area contributed by atoms with Crippen molar-refractivity contribution in [3.63, 3.8) is 0 Å². The van der Waals surface area contributed by atoms with Gasteiger partial charge in [-0.25, -0.2) is 0 Å². The van der Waals surface area contributed by atoms with Gasteiger partial charge >= 0.3 is 11.9 Å². The Morgan fingerprint density at radius 2 is 0.917 bits per heavy atom. The monoisotopic (exact) mass is 512 g/mol. The molecule has 0 aliphatic carbocycles. The molecule has 0 aliphatic rings. The van der Waals surface area contributed by atoms with Gasteiger partial charge in [0.25, 0.3) is 0 Å². The molecule has 5 heteroatoms. The average molecular weight is 513 g/mol. The number of aliphatic hydroxyl groups is 1. The molecule has 36 heavy (non-hydrogen) atoms. The number of rotatable bonds is 26.